The van der Waals surface area contributed by atoms with Crippen LogP contribution < -0.4 is 4.74 Å². The average Bonchev–Trinajstić information content (AvgIpc) is 2.03. The second-order valence-corrected chi connectivity index (χ2v) is 3.24. The van der Waals surface area contributed by atoms with Gasteiger partial charge in [0.25, 0.3) is 0 Å². The van der Waals surface area contributed by atoms with Crippen LogP contribution in [0.25, 0.3) is 0 Å². The van der Waals surface area contributed by atoms with Gasteiger partial charge in [0.15, 0.2) is 0 Å². The first-order valence-electron chi connectivity index (χ1n) is 4.59. The zero-order chi connectivity index (χ0) is 9.84. The summed E-state index contributed by atoms with van der Waals surface area (Å²) in [6.07, 6.45) is 0.751. The molecule has 72 valence electrons. The number of benzene rings is 1. The molecule has 0 aliphatic rings. The highest BCUT2D eigenvalue weighted by Crippen LogP contribution is 2.22. The van der Waals surface area contributed by atoms with Gasteiger partial charge in [0, 0.05) is 5.56 Å². The van der Waals surface area contributed by atoms with Crippen molar-refractivity contribution < 1.29 is 9.13 Å². The van der Waals surface area contributed by atoms with Gasteiger partial charge in [0.05, 0.1) is 6.10 Å². The first-order chi connectivity index (χ1) is 6.15. The standard InChI is InChI=1S/C11H15FO/c1-4-9-10(12)6-5-7-11(9)13-8(2)3/h5-8H,4H2,1-3H3. The lowest BCUT2D eigenvalue weighted by Gasteiger charge is -2.13. The minimum atomic E-state index is -0.180. The summed E-state index contributed by atoms with van der Waals surface area (Å²) in [5, 5.41) is 0. The minimum absolute atomic E-state index is 0.0899. The van der Waals surface area contributed by atoms with Crippen LogP contribution in [0.1, 0.15) is 26.3 Å². The molecule has 1 aromatic carbocycles. The summed E-state index contributed by atoms with van der Waals surface area (Å²) >= 11 is 0. The molecule has 0 spiro atoms. The Labute approximate surface area is 78.5 Å². The van der Waals surface area contributed by atoms with Gasteiger partial charge >= 0.3 is 0 Å². The van der Waals surface area contributed by atoms with E-state index in [1.807, 2.05) is 26.8 Å². The molecule has 0 unspecified atom stereocenters. The van der Waals surface area contributed by atoms with Crippen molar-refractivity contribution >= 4 is 0 Å². The normalized spacial score (nSPS) is 10.5. The van der Waals surface area contributed by atoms with E-state index in [9.17, 15) is 4.39 Å². The molecule has 1 rings (SSSR count). The Balaban J connectivity index is 2.98. The lowest BCUT2D eigenvalue weighted by atomic mass is 10.1. The molecule has 0 heterocycles. The maximum atomic E-state index is 13.2. The van der Waals surface area contributed by atoms with Crippen LogP contribution in [0.15, 0.2) is 18.2 Å². The molecule has 0 atom stereocenters. The Bertz CT molecular complexity index is 281. The molecule has 0 radical (unpaired) electrons. The summed E-state index contributed by atoms with van der Waals surface area (Å²) in [7, 11) is 0. The molecule has 1 nitrogen and oxygen atoms in total. The predicted octanol–water partition coefficient (Wildman–Crippen LogP) is 3.18. The summed E-state index contributed by atoms with van der Waals surface area (Å²) in [5.74, 6) is 0.484. The van der Waals surface area contributed by atoms with E-state index < -0.39 is 0 Å². The smallest absolute Gasteiger partial charge is 0.130 e. The number of hydrogen-bond acceptors (Lipinski definition) is 1. The lowest BCUT2D eigenvalue weighted by molar-refractivity contribution is 0.238. The SMILES string of the molecule is CCc1c(F)cccc1OC(C)C. The van der Waals surface area contributed by atoms with Crippen molar-refractivity contribution in [2.24, 2.45) is 0 Å². The summed E-state index contributed by atoms with van der Waals surface area (Å²) in [6.45, 7) is 5.79. The van der Waals surface area contributed by atoms with Gasteiger partial charge in [-0.05, 0) is 32.4 Å². The molecule has 0 saturated heterocycles. The summed E-state index contributed by atoms with van der Waals surface area (Å²) < 4.78 is 18.7. The molecule has 0 amide bonds. The van der Waals surface area contributed by atoms with E-state index in [0.717, 1.165) is 0 Å². The zero-order valence-corrected chi connectivity index (χ0v) is 8.30. The van der Waals surface area contributed by atoms with Crippen molar-refractivity contribution in [3.05, 3.63) is 29.6 Å². The van der Waals surface area contributed by atoms with Gasteiger partial charge in [-0.2, -0.15) is 0 Å². The summed E-state index contributed by atoms with van der Waals surface area (Å²) in [6, 6.07) is 4.94. The Hall–Kier alpha value is -1.05. The molecular weight excluding hydrogens is 167 g/mol. The van der Waals surface area contributed by atoms with E-state index in [1.54, 1.807) is 6.07 Å². The zero-order valence-electron chi connectivity index (χ0n) is 8.30. The number of halogens is 1. The Morgan fingerprint density at radius 1 is 1.38 bits per heavy atom. The first kappa shape index (κ1) is 10.0. The number of ether oxygens (including phenoxy) is 1. The highest BCUT2D eigenvalue weighted by molar-refractivity contribution is 5.34. The van der Waals surface area contributed by atoms with Gasteiger partial charge in [-0.15, -0.1) is 0 Å². The van der Waals surface area contributed by atoms with Crippen LogP contribution >= 0.6 is 0 Å². The summed E-state index contributed by atoms with van der Waals surface area (Å²) in [4.78, 5) is 0. The highest BCUT2D eigenvalue weighted by Gasteiger charge is 2.07. The van der Waals surface area contributed by atoms with Crippen LogP contribution in [0.2, 0.25) is 0 Å². The van der Waals surface area contributed by atoms with E-state index in [4.69, 9.17) is 4.74 Å². The Kier molecular flexibility index (Phi) is 3.29. The van der Waals surface area contributed by atoms with Crippen LogP contribution in [0.5, 0.6) is 5.75 Å². The second kappa shape index (κ2) is 4.26. The minimum Gasteiger partial charge on any atom is -0.491 e. The van der Waals surface area contributed by atoms with E-state index in [-0.39, 0.29) is 11.9 Å². The van der Waals surface area contributed by atoms with Gasteiger partial charge in [-0.3, -0.25) is 0 Å². The molecule has 0 saturated carbocycles. The largest absolute Gasteiger partial charge is 0.491 e. The van der Waals surface area contributed by atoms with Gasteiger partial charge in [0.2, 0.25) is 0 Å². The predicted molar refractivity (Wildman–Crippen MR) is 51.5 cm³/mol. The third-order valence-corrected chi connectivity index (χ3v) is 1.79. The van der Waals surface area contributed by atoms with Gasteiger partial charge in [-0.25, -0.2) is 4.39 Å². The fourth-order valence-corrected chi connectivity index (χ4v) is 1.25. The van der Waals surface area contributed by atoms with Crippen molar-refractivity contribution in [3.63, 3.8) is 0 Å². The monoisotopic (exact) mass is 182 g/mol. The molecule has 0 aliphatic heterocycles. The fourth-order valence-electron chi connectivity index (χ4n) is 1.25. The van der Waals surface area contributed by atoms with E-state index in [1.165, 1.54) is 6.07 Å². The molecule has 0 N–H and O–H groups in total. The Morgan fingerprint density at radius 3 is 2.62 bits per heavy atom. The van der Waals surface area contributed by atoms with Crippen molar-refractivity contribution in [2.45, 2.75) is 33.3 Å². The topological polar surface area (TPSA) is 9.23 Å². The number of rotatable bonds is 3. The van der Waals surface area contributed by atoms with Crippen molar-refractivity contribution in [1.29, 1.82) is 0 Å². The van der Waals surface area contributed by atoms with Crippen molar-refractivity contribution in [1.82, 2.24) is 0 Å². The molecule has 0 aromatic heterocycles. The third kappa shape index (κ3) is 2.44. The lowest BCUT2D eigenvalue weighted by Crippen LogP contribution is -2.08. The van der Waals surface area contributed by atoms with Crippen LogP contribution in [-0.2, 0) is 6.42 Å². The molecular formula is C11H15FO. The van der Waals surface area contributed by atoms with Gasteiger partial charge < -0.3 is 4.74 Å². The maximum absolute atomic E-state index is 13.2. The summed E-state index contributed by atoms with van der Waals surface area (Å²) in [5.41, 5.74) is 0.663. The highest BCUT2D eigenvalue weighted by atomic mass is 19.1. The van der Waals surface area contributed by atoms with Crippen LogP contribution in [0, 0.1) is 5.82 Å². The van der Waals surface area contributed by atoms with E-state index in [2.05, 4.69) is 0 Å². The van der Waals surface area contributed by atoms with Crippen LogP contribution in [0.4, 0.5) is 4.39 Å². The van der Waals surface area contributed by atoms with Crippen molar-refractivity contribution in [3.8, 4) is 5.75 Å². The quantitative estimate of drug-likeness (QED) is 0.697. The second-order valence-electron chi connectivity index (χ2n) is 3.24. The molecule has 13 heavy (non-hydrogen) atoms. The molecule has 1 aromatic rings. The van der Waals surface area contributed by atoms with Gasteiger partial charge in [-0.1, -0.05) is 13.0 Å². The first-order valence-corrected chi connectivity index (χ1v) is 4.59. The molecule has 0 fully saturated rings. The van der Waals surface area contributed by atoms with Gasteiger partial charge in [0.1, 0.15) is 11.6 Å². The van der Waals surface area contributed by atoms with E-state index in [0.29, 0.717) is 17.7 Å². The molecule has 0 bridgehead atoms. The molecule has 2 heteroatoms. The third-order valence-electron chi connectivity index (χ3n) is 1.79. The fraction of sp³-hybridized carbons (Fsp3) is 0.455. The van der Waals surface area contributed by atoms with Crippen LogP contribution in [0.3, 0.4) is 0 Å². The number of hydrogen-bond donors (Lipinski definition) is 0. The van der Waals surface area contributed by atoms with Crippen molar-refractivity contribution in [2.75, 3.05) is 0 Å². The Morgan fingerprint density at radius 2 is 2.08 bits per heavy atom. The van der Waals surface area contributed by atoms with Crippen LogP contribution in [-0.4, -0.2) is 6.10 Å². The maximum Gasteiger partial charge on any atom is 0.130 e. The van der Waals surface area contributed by atoms with E-state index >= 15 is 0 Å². The average molecular weight is 182 g/mol. The molecule has 0 aliphatic carbocycles.